The Morgan fingerprint density at radius 1 is 1.33 bits per heavy atom. The van der Waals surface area contributed by atoms with Gasteiger partial charge in [0.25, 0.3) is 0 Å². The van der Waals surface area contributed by atoms with E-state index >= 15 is 4.39 Å². The summed E-state index contributed by atoms with van der Waals surface area (Å²) in [4.78, 5) is 14.8. The lowest BCUT2D eigenvalue weighted by Gasteiger charge is -2.64. The molecule has 1 aromatic carbocycles. The molecule has 1 heterocycles. The maximum absolute atomic E-state index is 15.8. The fraction of sp³-hybridized carbons (Fsp3) is 0.739. The zero-order chi connectivity index (χ0) is 22.1. The normalized spacial score (nSPS) is 40.5. The Morgan fingerprint density at radius 3 is 2.60 bits per heavy atom. The molecule has 0 radical (unpaired) electrons. The number of alkyl halides is 1. The standard InChI is InChI=1S/C23H31FN4O2/c1-7-9-10-15-11-16-17(20(26-29)12(15)3)19-18(13(4)21(19,6)8-2)22(30-16)14(5)23(22,24)27-28-25/h11,13-14,18-19H,7-10H2,1-6H3/t13?,14?,18?,19?,21-,22?,23?/m1/s1. The van der Waals surface area contributed by atoms with Crippen molar-refractivity contribution in [2.24, 2.45) is 33.5 Å². The molecule has 3 aliphatic rings. The minimum absolute atomic E-state index is 0.0538. The molecule has 1 spiro atoms. The van der Waals surface area contributed by atoms with E-state index in [1.54, 1.807) is 6.92 Å². The van der Waals surface area contributed by atoms with Crippen LogP contribution in [0.5, 0.6) is 5.75 Å². The molecular formula is C23H31FN4O2. The minimum atomic E-state index is -2.07. The van der Waals surface area contributed by atoms with Crippen molar-refractivity contribution < 1.29 is 9.13 Å². The van der Waals surface area contributed by atoms with E-state index in [-0.39, 0.29) is 23.2 Å². The topological polar surface area (TPSA) is 87.4 Å². The van der Waals surface area contributed by atoms with Gasteiger partial charge in [0.1, 0.15) is 11.4 Å². The molecule has 0 bridgehead atoms. The molecule has 2 saturated carbocycles. The largest absolute Gasteiger partial charge is 0.483 e. The van der Waals surface area contributed by atoms with Crippen LogP contribution in [0.4, 0.5) is 10.1 Å². The Hall–Kier alpha value is -2.14. The quantitative estimate of drug-likeness (QED) is 0.161. The molecule has 6 unspecified atom stereocenters. The third-order valence-corrected chi connectivity index (χ3v) is 8.92. The Labute approximate surface area is 177 Å². The summed E-state index contributed by atoms with van der Waals surface area (Å²) in [5.41, 5.74) is 10.9. The number of ether oxygens (including phenoxy) is 1. The summed E-state index contributed by atoms with van der Waals surface area (Å²) in [6.07, 6.45) is 3.73. The molecule has 6 nitrogen and oxygen atoms in total. The maximum atomic E-state index is 15.8. The van der Waals surface area contributed by atoms with Crippen molar-refractivity contribution in [1.82, 2.24) is 0 Å². The smallest absolute Gasteiger partial charge is 0.235 e. The van der Waals surface area contributed by atoms with Crippen LogP contribution in [0, 0.1) is 35.0 Å². The number of aryl methyl sites for hydroxylation is 1. The first-order valence-corrected chi connectivity index (χ1v) is 11.1. The van der Waals surface area contributed by atoms with Gasteiger partial charge < -0.3 is 4.74 Å². The molecule has 2 fully saturated rings. The van der Waals surface area contributed by atoms with Crippen molar-refractivity contribution in [1.29, 1.82) is 0 Å². The molecule has 1 aliphatic heterocycles. The van der Waals surface area contributed by atoms with E-state index in [2.05, 4.69) is 42.9 Å². The summed E-state index contributed by atoms with van der Waals surface area (Å²) in [7, 11) is 0. The fourth-order valence-electron chi connectivity index (χ4n) is 6.64. The Bertz CT molecular complexity index is 961. The second-order valence-corrected chi connectivity index (χ2v) is 9.75. The highest BCUT2D eigenvalue weighted by atomic mass is 19.1. The highest BCUT2D eigenvalue weighted by Gasteiger charge is 2.88. The SMILES string of the molecule is CCCCc1cc2c(c(N=O)c1C)C1C(C(C)[C@@]1(C)CC)C1(O2)C(C)C1(F)N=[N+]=[N-]. The summed E-state index contributed by atoms with van der Waals surface area (Å²) in [5, 5.41) is 7.01. The van der Waals surface area contributed by atoms with Gasteiger partial charge in [-0.15, -0.1) is 4.91 Å². The molecule has 0 N–H and O–H groups in total. The summed E-state index contributed by atoms with van der Waals surface area (Å²) < 4.78 is 22.3. The molecule has 0 aromatic heterocycles. The molecule has 2 aliphatic carbocycles. The van der Waals surface area contributed by atoms with Crippen LogP contribution in [0.2, 0.25) is 0 Å². The van der Waals surface area contributed by atoms with Gasteiger partial charge in [0, 0.05) is 28.2 Å². The van der Waals surface area contributed by atoms with E-state index in [1.807, 2.05) is 13.0 Å². The molecule has 0 amide bonds. The van der Waals surface area contributed by atoms with Crippen molar-refractivity contribution in [2.45, 2.75) is 84.5 Å². The number of rotatable bonds is 6. The first-order chi connectivity index (χ1) is 14.2. The number of benzene rings is 1. The van der Waals surface area contributed by atoms with Crippen molar-refractivity contribution in [3.63, 3.8) is 0 Å². The average molecular weight is 415 g/mol. The minimum Gasteiger partial charge on any atom is -0.483 e. The number of hydrogen-bond acceptors (Lipinski definition) is 4. The van der Waals surface area contributed by atoms with Crippen LogP contribution in [0.25, 0.3) is 10.4 Å². The van der Waals surface area contributed by atoms with Crippen LogP contribution in [-0.2, 0) is 6.42 Å². The monoisotopic (exact) mass is 414 g/mol. The van der Waals surface area contributed by atoms with Gasteiger partial charge in [0.05, 0.1) is 0 Å². The molecule has 30 heavy (non-hydrogen) atoms. The Kier molecular flexibility index (Phi) is 4.70. The predicted octanol–water partition coefficient (Wildman–Crippen LogP) is 7.26. The lowest BCUT2D eigenvalue weighted by atomic mass is 9.42. The summed E-state index contributed by atoms with van der Waals surface area (Å²) in [6.45, 7) is 12.3. The highest BCUT2D eigenvalue weighted by Crippen LogP contribution is 2.80. The molecule has 7 atom stereocenters. The van der Waals surface area contributed by atoms with E-state index in [9.17, 15) is 4.91 Å². The number of hydrogen-bond donors (Lipinski definition) is 0. The second kappa shape index (κ2) is 6.68. The van der Waals surface area contributed by atoms with Crippen LogP contribution < -0.4 is 4.74 Å². The van der Waals surface area contributed by atoms with Crippen molar-refractivity contribution in [3.05, 3.63) is 38.1 Å². The van der Waals surface area contributed by atoms with Gasteiger partial charge >= 0.3 is 0 Å². The van der Waals surface area contributed by atoms with Crippen LogP contribution >= 0.6 is 0 Å². The number of halogens is 1. The molecule has 4 rings (SSSR count). The summed E-state index contributed by atoms with van der Waals surface area (Å²) in [5.74, 6) is -2.13. The summed E-state index contributed by atoms with van der Waals surface area (Å²) >= 11 is 0. The molecule has 1 aromatic rings. The molecule has 162 valence electrons. The van der Waals surface area contributed by atoms with Gasteiger partial charge in [-0.3, -0.25) is 0 Å². The average Bonchev–Trinajstić information content (AvgIpc) is 3.17. The van der Waals surface area contributed by atoms with E-state index < -0.39 is 17.3 Å². The van der Waals surface area contributed by atoms with Gasteiger partial charge in [-0.2, -0.15) is 0 Å². The first kappa shape index (κ1) is 21.1. The van der Waals surface area contributed by atoms with E-state index in [0.717, 1.165) is 42.4 Å². The van der Waals surface area contributed by atoms with Crippen LogP contribution in [-0.4, -0.2) is 11.4 Å². The van der Waals surface area contributed by atoms with Crippen LogP contribution in [0.1, 0.15) is 76.5 Å². The van der Waals surface area contributed by atoms with E-state index in [1.165, 1.54) is 0 Å². The number of unbranched alkanes of at least 4 members (excludes halogenated alkanes) is 1. The number of nitroso groups, excluding NO2 is 1. The maximum Gasteiger partial charge on any atom is 0.235 e. The molecular weight excluding hydrogens is 383 g/mol. The lowest BCUT2D eigenvalue weighted by molar-refractivity contribution is -0.150. The number of nitrogens with zero attached hydrogens (tertiary/aromatic N) is 4. The van der Waals surface area contributed by atoms with E-state index in [4.69, 9.17) is 10.3 Å². The van der Waals surface area contributed by atoms with Crippen molar-refractivity contribution >= 4 is 5.69 Å². The molecule has 7 heteroatoms. The van der Waals surface area contributed by atoms with Crippen LogP contribution in [0.15, 0.2) is 16.4 Å². The highest BCUT2D eigenvalue weighted by molar-refractivity contribution is 5.67. The number of fused-ring (bicyclic) bond motifs is 4. The predicted molar refractivity (Wildman–Crippen MR) is 115 cm³/mol. The second-order valence-electron chi connectivity index (χ2n) is 9.75. The third kappa shape index (κ3) is 2.22. The van der Waals surface area contributed by atoms with E-state index in [0.29, 0.717) is 11.4 Å². The van der Waals surface area contributed by atoms with Gasteiger partial charge in [-0.1, -0.05) is 41.0 Å². The van der Waals surface area contributed by atoms with Crippen molar-refractivity contribution in [2.75, 3.05) is 0 Å². The fourth-order valence-corrected chi connectivity index (χ4v) is 6.64. The van der Waals surface area contributed by atoms with Gasteiger partial charge in [0.2, 0.25) is 5.79 Å². The lowest BCUT2D eigenvalue weighted by Crippen LogP contribution is -2.62. The Balaban J connectivity index is 1.95. The van der Waals surface area contributed by atoms with Crippen LogP contribution in [0.3, 0.4) is 0 Å². The zero-order valence-electron chi connectivity index (χ0n) is 18.7. The molecule has 0 saturated heterocycles. The summed E-state index contributed by atoms with van der Waals surface area (Å²) in [6, 6.07) is 1.98. The van der Waals surface area contributed by atoms with Gasteiger partial charge in [-0.25, -0.2) is 4.39 Å². The van der Waals surface area contributed by atoms with Gasteiger partial charge in [0.15, 0.2) is 5.60 Å². The first-order valence-electron chi connectivity index (χ1n) is 11.1. The number of azide groups is 1. The third-order valence-electron chi connectivity index (χ3n) is 8.92. The Morgan fingerprint density at radius 2 is 2.03 bits per heavy atom. The van der Waals surface area contributed by atoms with Gasteiger partial charge in [-0.05, 0) is 70.5 Å². The zero-order valence-corrected chi connectivity index (χ0v) is 18.7. The van der Waals surface area contributed by atoms with Crippen molar-refractivity contribution in [3.8, 4) is 5.75 Å².